The Labute approximate surface area is 95.9 Å². The third-order valence-electron chi connectivity index (χ3n) is 3.04. The van der Waals surface area contributed by atoms with Crippen LogP contribution in [0.1, 0.15) is 24.8 Å². The molecule has 0 spiro atoms. The quantitative estimate of drug-likeness (QED) is 0.710. The molecule has 1 fully saturated rings. The summed E-state index contributed by atoms with van der Waals surface area (Å²) in [5, 5.41) is 0. The highest BCUT2D eigenvalue weighted by molar-refractivity contribution is 5.78. The summed E-state index contributed by atoms with van der Waals surface area (Å²) in [4.78, 5) is 11.6. The van der Waals surface area contributed by atoms with Gasteiger partial charge < -0.3 is 4.74 Å². The van der Waals surface area contributed by atoms with E-state index in [1.54, 1.807) is 0 Å². The van der Waals surface area contributed by atoms with Crippen LogP contribution in [0.5, 0.6) is 0 Å². The second kappa shape index (κ2) is 4.97. The zero-order valence-corrected chi connectivity index (χ0v) is 9.48. The molecular formula is C14H16O2. The molecule has 16 heavy (non-hydrogen) atoms. The predicted octanol–water partition coefficient (Wildman–Crippen LogP) is 3.04. The summed E-state index contributed by atoms with van der Waals surface area (Å²) >= 11 is 0. The van der Waals surface area contributed by atoms with E-state index in [0.717, 1.165) is 24.8 Å². The molecule has 0 bridgehead atoms. The molecule has 84 valence electrons. The zero-order chi connectivity index (χ0) is 11.4. The maximum absolute atomic E-state index is 11.6. The van der Waals surface area contributed by atoms with Gasteiger partial charge in [-0.05, 0) is 24.8 Å². The summed E-state index contributed by atoms with van der Waals surface area (Å²) in [6, 6.07) is 10.1. The SMILES string of the molecule is COC(=O)C1CCC/C1=C/c1ccccc1. The second-order valence-electron chi connectivity index (χ2n) is 4.10. The van der Waals surface area contributed by atoms with Gasteiger partial charge in [-0.15, -0.1) is 0 Å². The highest BCUT2D eigenvalue weighted by Gasteiger charge is 2.28. The first-order valence-corrected chi connectivity index (χ1v) is 5.64. The molecule has 2 heteroatoms. The minimum absolute atomic E-state index is 0.0230. The Morgan fingerprint density at radius 3 is 2.81 bits per heavy atom. The lowest BCUT2D eigenvalue weighted by atomic mass is 10.0. The molecule has 1 saturated carbocycles. The van der Waals surface area contributed by atoms with Crippen LogP contribution in [0.3, 0.4) is 0 Å². The van der Waals surface area contributed by atoms with Crippen molar-refractivity contribution in [1.29, 1.82) is 0 Å². The fraction of sp³-hybridized carbons (Fsp3) is 0.357. The first-order chi connectivity index (χ1) is 7.81. The van der Waals surface area contributed by atoms with Gasteiger partial charge >= 0.3 is 5.97 Å². The van der Waals surface area contributed by atoms with Crippen molar-refractivity contribution >= 4 is 12.0 Å². The van der Waals surface area contributed by atoms with Gasteiger partial charge in [0.25, 0.3) is 0 Å². The van der Waals surface area contributed by atoms with Gasteiger partial charge in [-0.1, -0.05) is 42.0 Å². The van der Waals surface area contributed by atoms with E-state index in [1.807, 2.05) is 18.2 Å². The Bertz CT molecular complexity index is 392. The Balaban J connectivity index is 2.20. The minimum atomic E-state index is -0.0975. The summed E-state index contributed by atoms with van der Waals surface area (Å²) in [5.74, 6) is -0.120. The molecule has 1 aliphatic rings. The van der Waals surface area contributed by atoms with Gasteiger partial charge in [0, 0.05) is 0 Å². The lowest BCUT2D eigenvalue weighted by Crippen LogP contribution is -2.14. The van der Waals surface area contributed by atoms with Gasteiger partial charge in [0.1, 0.15) is 0 Å². The molecule has 0 aromatic heterocycles. The maximum atomic E-state index is 11.6. The number of hydrogen-bond acceptors (Lipinski definition) is 2. The number of esters is 1. The number of ether oxygens (including phenoxy) is 1. The Morgan fingerprint density at radius 2 is 2.12 bits per heavy atom. The van der Waals surface area contributed by atoms with Crippen LogP contribution >= 0.6 is 0 Å². The van der Waals surface area contributed by atoms with E-state index in [2.05, 4.69) is 18.2 Å². The maximum Gasteiger partial charge on any atom is 0.312 e. The van der Waals surface area contributed by atoms with Gasteiger partial charge in [0.15, 0.2) is 0 Å². The smallest absolute Gasteiger partial charge is 0.312 e. The summed E-state index contributed by atoms with van der Waals surface area (Å²) in [6.07, 6.45) is 5.13. The fourth-order valence-corrected chi connectivity index (χ4v) is 2.22. The van der Waals surface area contributed by atoms with Crippen LogP contribution < -0.4 is 0 Å². The number of hydrogen-bond donors (Lipinski definition) is 0. The highest BCUT2D eigenvalue weighted by atomic mass is 16.5. The van der Waals surface area contributed by atoms with Crippen LogP contribution in [0, 0.1) is 5.92 Å². The Hall–Kier alpha value is -1.57. The summed E-state index contributed by atoms with van der Waals surface area (Å²) < 4.78 is 4.82. The van der Waals surface area contributed by atoms with E-state index >= 15 is 0 Å². The molecule has 0 N–H and O–H groups in total. The van der Waals surface area contributed by atoms with E-state index in [1.165, 1.54) is 12.7 Å². The van der Waals surface area contributed by atoms with Crippen LogP contribution in [0.2, 0.25) is 0 Å². The third kappa shape index (κ3) is 2.32. The first-order valence-electron chi connectivity index (χ1n) is 5.64. The molecule has 1 unspecified atom stereocenters. The van der Waals surface area contributed by atoms with Crippen LogP contribution in [0.25, 0.3) is 6.08 Å². The van der Waals surface area contributed by atoms with Crippen LogP contribution in [-0.4, -0.2) is 13.1 Å². The molecule has 0 radical (unpaired) electrons. The monoisotopic (exact) mass is 216 g/mol. The van der Waals surface area contributed by atoms with Crippen molar-refractivity contribution in [3.05, 3.63) is 41.5 Å². The topological polar surface area (TPSA) is 26.3 Å². The molecule has 0 heterocycles. The summed E-state index contributed by atoms with van der Waals surface area (Å²) in [7, 11) is 1.46. The lowest BCUT2D eigenvalue weighted by Gasteiger charge is -2.09. The number of carbonyl (C=O) groups excluding carboxylic acids is 1. The van der Waals surface area contributed by atoms with Crippen molar-refractivity contribution in [2.75, 3.05) is 7.11 Å². The number of carbonyl (C=O) groups is 1. The van der Waals surface area contributed by atoms with Crippen LogP contribution in [-0.2, 0) is 9.53 Å². The number of methoxy groups -OCH3 is 1. The largest absolute Gasteiger partial charge is 0.469 e. The van der Waals surface area contributed by atoms with E-state index in [0.29, 0.717) is 0 Å². The summed E-state index contributed by atoms with van der Waals surface area (Å²) in [6.45, 7) is 0. The highest BCUT2D eigenvalue weighted by Crippen LogP contribution is 2.33. The van der Waals surface area contributed by atoms with Crippen molar-refractivity contribution in [2.45, 2.75) is 19.3 Å². The molecule has 0 aliphatic heterocycles. The average Bonchev–Trinajstić information content (AvgIpc) is 2.77. The molecule has 1 atom stereocenters. The Morgan fingerprint density at radius 1 is 1.38 bits per heavy atom. The van der Waals surface area contributed by atoms with Gasteiger partial charge in [0.05, 0.1) is 13.0 Å². The van der Waals surface area contributed by atoms with Crippen molar-refractivity contribution in [3.8, 4) is 0 Å². The molecule has 1 aromatic rings. The summed E-state index contributed by atoms with van der Waals surface area (Å²) in [5.41, 5.74) is 2.37. The number of rotatable bonds is 2. The molecule has 1 aliphatic carbocycles. The Kier molecular flexibility index (Phi) is 3.40. The van der Waals surface area contributed by atoms with Gasteiger partial charge in [-0.25, -0.2) is 0 Å². The molecule has 0 saturated heterocycles. The van der Waals surface area contributed by atoms with E-state index in [4.69, 9.17) is 4.74 Å². The first kappa shape index (κ1) is 10.9. The standard InChI is InChI=1S/C14H16O2/c1-16-14(15)13-9-5-8-12(13)10-11-6-3-2-4-7-11/h2-4,6-7,10,13H,5,8-9H2,1H3/b12-10-. The third-order valence-corrected chi connectivity index (χ3v) is 3.04. The molecule has 2 rings (SSSR count). The number of benzene rings is 1. The predicted molar refractivity (Wildman–Crippen MR) is 63.8 cm³/mol. The van der Waals surface area contributed by atoms with Crippen LogP contribution in [0.15, 0.2) is 35.9 Å². The molecule has 1 aromatic carbocycles. The molecule has 0 amide bonds. The van der Waals surface area contributed by atoms with E-state index < -0.39 is 0 Å². The van der Waals surface area contributed by atoms with Gasteiger partial charge in [0.2, 0.25) is 0 Å². The molecular weight excluding hydrogens is 200 g/mol. The molecule has 2 nitrogen and oxygen atoms in total. The zero-order valence-electron chi connectivity index (χ0n) is 9.48. The van der Waals surface area contributed by atoms with Crippen molar-refractivity contribution < 1.29 is 9.53 Å². The van der Waals surface area contributed by atoms with E-state index in [-0.39, 0.29) is 11.9 Å². The lowest BCUT2D eigenvalue weighted by molar-refractivity contribution is -0.143. The van der Waals surface area contributed by atoms with Crippen molar-refractivity contribution in [1.82, 2.24) is 0 Å². The normalized spacial score (nSPS) is 22.3. The van der Waals surface area contributed by atoms with Crippen molar-refractivity contribution in [3.63, 3.8) is 0 Å². The van der Waals surface area contributed by atoms with Crippen molar-refractivity contribution in [2.24, 2.45) is 5.92 Å². The average molecular weight is 216 g/mol. The second-order valence-corrected chi connectivity index (χ2v) is 4.10. The van der Waals surface area contributed by atoms with Gasteiger partial charge in [-0.2, -0.15) is 0 Å². The minimum Gasteiger partial charge on any atom is -0.469 e. The van der Waals surface area contributed by atoms with Crippen LogP contribution in [0.4, 0.5) is 0 Å². The van der Waals surface area contributed by atoms with E-state index in [9.17, 15) is 4.79 Å². The fourth-order valence-electron chi connectivity index (χ4n) is 2.22. The van der Waals surface area contributed by atoms with Gasteiger partial charge in [-0.3, -0.25) is 4.79 Å².